The van der Waals surface area contributed by atoms with E-state index in [4.69, 9.17) is 0 Å². The van der Waals surface area contributed by atoms with Crippen LogP contribution in [0.2, 0.25) is 0 Å². The van der Waals surface area contributed by atoms with Gasteiger partial charge in [0, 0.05) is 36.6 Å². The highest BCUT2D eigenvalue weighted by molar-refractivity contribution is 6.14. The lowest BCUT2D eigenvalue weighted by atomic mass is 9.97. The maximum atomic E-state index is 12.5. The Bertz CT molecular complexity index is 644. The lowest BCUT2D eigenvalue weighted by Crippen LogP contribution is -2.32. The summed E-state index contributed by atoms with van der Waals surface area (Å²) in [5.41, 5.74) is 3.03. The summed E-state index contributed by atoms with van der Waals surface area (Å²) >= 11 is 0. The highest BCUT2D eigenvalue weighted by Gasteiger charge is 2.20. The van der Waals surface area contributed by atoms with Crippen molar-refractivity contribution < 1.29 is 4.79 Å². The molecular weight excluding hydrogens is 369 g/mol. The quantitative estimate of drug-likeness (QED) is 0.804. The topological polar surface area (TPSA) is 54.9 Å². The minimum Gasteiger partial charge on any atom is -0.308 e. The summed E-state index contributed by atoms with van der Waals surface area (Å²) in [6, 6.07) is 11.3. The van der Waals surface area contributed by atoms with Crippen molar-refractivity contribution in [2.24, 2.45) is 0 Å². The summed E-state index contributed by atoms with van der Waals surface area (Å²) in [6.07, 6.45) is 7.11. The molecule has 0 atom stereocenters. The van der Waals surface area contributed by atoms with Gasteiger partial charge in [0.15, 0.2) is 5.78 Å². The van der Waals surface area contributed by atoms with Crippen LogP contribution >= 0.6 is 37.2 Å². The molecular formula is C17H18Cl3N3O. The Morgan fingerprint density at radius 2 is 1.25 bits per heavy atom. The Labute approximate surface area is 159 Å². The van der Waals surface area contributed by atoms with Gasteiger partial charge in [0.05, 0.1) is 11.4 Å². The van der Waals surface area contributed by atoms with Gasteiger partial charge >= 0.3 is 0 Å². The van der Waals surface area contributed by atoms with E-state index in [1.165, 1.54) is 0 Å². The van der Waals surface area contributed by atoms with Gasteiger partial charge in [-0.15, -0.1) is 37.2 Å². The number of carbonyl (C=O) groups is 1. The monoisotopic (exact) mass is 385 g/mol. The molecule has 4 nitrogen and oxygen atoms in total. The van der Waals surface area contributed by atoms with Crippen molar-refractivity contribution >= 4 is 55.2 Å². The molecule has 0 bridgehead atoms. The fourth-order valence-corrected chi connectivity index (χ4v) is 2.21. The van der Waals surface area contributed by atoms with Gasteiger partial charge < -0.3 is 5.32 Å². The molecule has 1 saturated heterocycles. The van der Waals surface area contributed by atoms with Crippen molar-refractivity contribution in [2.45, 2.75) is 0 Å². The van der Waals surface area contributed by atoms with Crippen LogP contribution in [0.1, 0.15) is 11.4 Å². The van der Waals surface area contributed by atoms with Gasteiger partial charge in [-0.2, -0.15) is 0 Å². The molecule has 1 N–H and O–H groups in total. The SMILES string of the molecule is Cl.Cl.Cl.O=C1/C(=C/c2ccccn2)CNC/C1=C\c1ccccn1. The summed E-state index contributed by atoms with van der Waals surface area (Å²) in [7, 11) is 0. The van der Waals surface area contributed by atoms with Gasteiger partial charge in [-0.1, -0.05) is 12.1 Å². The van der Waals surface area contributed by atoms with E-state index in [9.17, 15) is 4.79 Å². The van der Waals surface area contributed by atoms with Crippen LogP contribution < -0.4 is 5.32 Å². The maximum Gasteiger partial charge on any atom is 0.187 e. The predicted molar refractivity (Wildman–Crippen MR) is 104 cm³/mol. The Hall–Kier alpha value is -1.72. The van der Waals surface area contributed by atoms with E-state index in [0.29, 0.717) is 13.1 Å². The maximum absolute atomic E-state index is 12.5. The molecule has 1 aliphatic rings. The molecule has 0 unspecified atom stereocenters. The number of nitrogens with one attached hydrogen (secondary N) is 1. The number of nitrogens with zero attached hydrogens (tertiary/aromatic N) is 2. The Balaban J connectivity index is 0.00000176. The van der Waals surface area contributed by atoms with Crippen LogP contribution in [0.4, 0.5) is 0 Å². The minimum absolute atomic E-state index is 0. The van der Waals surface area contributed by atoms with Gasteiger partial charge in [0.1, 0.15) is 0 Å². The summed E-state index contributed by atoms with van der Waals surface area (Å²) in [5.74, 6) is 0.0602. The molecule has 3 rings (SSSR count). The fourth-order valence-electron chi connectivity index (χ4n) is 2.21. The lowest BCUT2D eigenvalue weighted by molar-refractivity contribution is -0.112. The zero-order valence-electron chi connectivity index (χ0n) is 12.7. The largest absolute Gasteiger partial charge is 0.308 e. The van der Waals surface area contributed by atoms with Crippen molar-refractivity contribution in [1.29, 1.82) is 0 Å². The third-order valence-corrected chi connectivity index (χ3v) is 3.23. The van der Waals surface area contributed by atoms with Crippen molar-refractivity contribution in [3.05, 3.63) is 71.3 Å². The Kier molecular flexibility index (Phi) is 10.2. The molecule has 24 heavy (non-hydrogen) atoms. The number of hydrogen-bond donors (Lipinski definition) is 1. The Morgan fingerprint density at radius 3 is 1.62 bits per heavy atom. The normalized spacial score (nSPS) is 16.8. The molecule has 0 spiro atoms. The van der Waals surface area contributed by atoms with Crippen LogP contribution in [0.25, 0.3) is 12.2 Å². The molecule has 0 aromatic carbocycles. The van der Waals surface area contributed by atoms with Crippen molar-refractivity contribution in [3.8, 4) is 0 Å². The smallest absolute Gasteiger partial charge is 0.187 e. The van der Waals surface area contributed by atoms with Crippen LogP contribution in [0.3, 0.4) is 0 Å². The zero-order chi connectivity index (χ0) is 14.5. The molecule has 0 saturated carbocycles. The summed E-state index contributed by atoms with van der Waals surface area (Å²) in [4.78, 5) is 21.0. The van der Waals surface area contributed by atoms with E-state index in [0.717, 1.165) is 22.5 Å². The number of ketones is 1. The molecule has 0 radical (unpaired) electrons. The number of hydrogen-bond acceptors (Lipinski definition) is 4. The number of pyridine rings is 2. The minimum atomic E-state index is 0. The van der Waals surface area contributed by atoms with E-state index in [-0.39, 0.29) is 43.0 Å². The van der Waals surface area contributed by atoms with Gasteiger partial charge in [-0.3, -0.25) is 14.8 Å². The zero-order valence-corrected chi connectivity index (χ0v) is 15.2. The highest BCUT2D eigenvalue weighted by atomic mass is 35.5. The number of rotatable bonds is 2. The molecule has 1 aliphatic heterocycles. The fraction of sp³-hybridized carbons (Fsp3) is 0.118. The van der Waals surface area contributed by atoms with Crippen molar-refractivity contribution in [1.82, 2.24) is 15.3 Å². The number of aromatic nitrogens is 2. The average Bonchev–Trinajstić information content (AvgIpc) is 2.53. The highest BCUT2D eigenvalue weighted by Crippen LogP contribution is 2.15. The van der Waals surface area contributed by atoms with Gasteiger partial charge in [-0.05, 0) is 36.4 Å². The third kappa shape index (κ3) is 5.73. The van der Waals surface area contributed by atoms with Crippen molar-refractivity contribution in [2.75, 3.05) is 13.1 Å². The third-order valence-electron chi connectivity index (χ3n) is 3.23. The first kappa shape index (κ1) is 22.3. The van der Waals surface area contributed by atoms with Crippen LogP contribution in [0.15, 0.2) is 59.9 Å². The summed E-state index contributed by atoms with van der Waals surface area (Å²) in [5, 5.41) is 3.24. The summed E-state index contributed by atoms with van der Waals surface area (Å²) < 4.78 is 0. The first-order valence-corrected chi connectivity index (χ1v) is 6.81. The molecule has 2 aromatic heterocycles. The molecule has 2 aromatic rings. The van der Waals surface area contributed by atoms with Crippen LogP contribution in [0, 0.1) is 0 Å². The van der Waals surface area contributed by atoms with Crippen molar-refractivity contribution in [3.63, 3.8) is 0 Å². The molecule has 128 valence electrons. The average molecular weight is 387 g/mol. The summed E-state index contributed by atoms with van der Waals surface area (Å²) in [6.45, 7) is 1.13. The lowest BCUT2D eigenvalue weighted by Gasteiger charge is -2.17. The Morgan fingerprint density at radius 1 is 0.792 bits per heavy atom. The standard InChI is InChI=1S/C17H15N3O.3ClH/c21-17-13(9-15-5-1-3-7-19-15)11-18-12-14(17)10-16-6-2-4-8-20-16;;;/h1-10,18H,11-12H2;3*1H/b13-9+,14-10+;;;. The molecule has 0 aliphatic carbocycles. The van der Waals surface area contributed by atoms with E-state index in [1.54, 1.807) is 12.4 Å². The second-order valence-corrected chi connectivity index (χ2v) is 4.78. The van der Waals surface area contributed by atoms with Crippen LogP contribution in [-0.4, -0.2) is 28.8 Å². The first-order chi connectivity index (χ1) is 10.3. The predicted octanol–water partition coefficient (Wildman–Crippen LogP) is 3.38. The second kappa shape index (κ2) is 10.9. The van der Waals surface area contributed by atoms with E-state index < -0.39 is 0 Å². The van der Waals surface area contributed by atoms with Crippen LogP contribution in [-0.2, 0) is 4.79 Å². The van der Waals surface area contributed by atoms with E-state index in [1.807, 2.05) is 48.6 Å². The van der Waals surface area contributed by atoms with E-state index >= 15 is 0 Å². The van der Waals surface area contributed by atoms with Gasteiger partial charge in [0.2, 0.25) is 0 Å². The molecule has 7 heteroatoms. The second-order valence-electron chi connectivity index (χ2n) is 4.78. The molecule has 0 amide bonds. The van der Waals surface area contributed by atoms with Gasteiger partial charge in [-0.25, -0.2) is 0 Å². The van der Waals surface area contributed by atoms with Crippen LogP contribution in [0.5, 0.6) is 0 Å². The first-order valence-electron chi connectivity index (χ1n) is 6.81. The molecule has 1 fully saturated rings. The number of carbonyl (C=O) groups excluding carboxylic acids is 1. The number of piperidine rings is 1. The van der Waals surface area contributed by atoms with Gasteiger partial charge in [0.25, 0.3) is 0 Å². The number of Topliss-reactive ketones (excluding diaryl/α,β-unsaturated/α-hetero) is 1. The van der Waals surface area contributed by atoms with E-state index in [2.05, 4.69) is 15.3 Å². The molecule has 3 heterocycles. The number of halogens is 3.